The standard InChI is InChI=1S/C17H26ClNO2/c1-4-10-19-16(12-17(21-3)8-5-9-17)14-7-6-13(20-2)11-15(14)18/h6-7,11,16,19H,4-5,8-10,12H2,1-3H3. The number of hydrogen-bond donors (Lipinski definition) is 1. The SMILES string of the molecule is CCCNC(CC1(OC)CCC1)c1ccc(OC)cc1Cl. The molecule has 1 aliphatic carbocycles. The number of rotatable bonds is 8. The Balaban J connectivity index is 2.18. The predicted octanol–water partition coefficient (Wildman–Crippen LogP) is 4.35. The van der Waals surface area contributed by atoms with E-state index in [4.69, 9.17) is 21.1 Å². The highest BCUT2D eigenvalue weighted by molar-refractivity contribution is 6.31. The number of halogens is 1. The fraction of sp³-hybridized carbons (Fsp3) is 0.647. The van der Waals surface area contributed by atoms with Gasteiger partial charge in [-0.25, -0.2) is 0 Å². The summed E-state index contributed by atoms with van der Waals surface area (Å²) < 4.78 is 11.0. The third-order valence-electron chi connectivity index (χ3n) is 4.50. The van der Waals surface area contributed by atoms with Crippen LogP contribution in [0.2, 0.25) is 5.02 Å². The molecule has 118 valence electrons. The first-order valence-electron chi connectivity index (χ1n) is 7.76. The number of ether oxygens (including phenoxy) is 2. The van der Waals surface area contributed by atoms with Crippen molar-refractivity contribution < 1.29 is 9.47 Å². The topological polar surface area (TPSA) is 30.5 Å². The normalized spacial score (nSPS) is 18.1. The number of benzene rings is 1. The Hall–Kier alpha value is -0.770. The quantitative estimate of drug-likeness (QED) is 0.774. The summed E-state index contributed by atoms with van der Waals surface area (Å²) in [5.74, 6) is 0.795. The van der Waals surface area contributed by atoms with E-state index in [0.29, 0.717) is 0 Å². The van der Waals surface area contributed by atoms with Crippen LogP contribution >= 0.6 is 11.6 Å². The molecule has 0 spiro atoms. The van der Waals surface area contributed by atoms with Gasteiger partial charge < -0.3 is 14.8 Å². The van der Waals surface area contributed by atoms with Crippen LogP contribution in [0.1, 0.15) is 50.6 Å². The Kier molecular flexibility index (Phi) is 5.91. The fourth-order valence-electron chi connectivity index (χ4n) is 2.96. The second-order valence-corrected chi connectivity index (χ2v) is 6.25. The maximum Gasteiger partial charge on any atom is 0.120 e. The molecule has 0 radical (unpaired) electrons. The summed E-state index contributed by atoms with van der Waals surface area (Å²) in [6, 6.07) is 6.15. The fourth-order valence-corrected chi connectivity index (χ4v) is 3.27. The summed E-state index contributed by atoms with van der Waals surface area (Å²) in [6.45, 7) is 3.15. The minimum absolute atomic E-state index is 0.0225. The minimum Gasteiger partial charge on any atom is -0.497 e. The first kappa shape index (κ1) is 16.6. The van der Waals surface area contributed by atoms with E-state index in [1.54, 1.807) is 7.11 Å². The zero-order valence-corrected chi connectivity index (χ0v) is 14.0. The molecule has 1 atom stereocenters. The van der Waals surface area contributed by atoms with Crippen molar-refractivity contribution in [2.24, 2.45) is 0 Å². The molecule has 0 amide bonds. The lowest BCUT2D eigenvalue weighted by molar-refractivity contribution is -0.0838. The van der Waals surface area contributed by atoms with Gasteiger partial charge in [0.1, 0.15) is 5.75 Å². The Morgan fingerprint density at radius 3 is 2.57 bits per heavy atom. The number of nitrogens with one attached hydrogen (secondary N) is 1. The van der Waals surface area contributed by atoms with Crippen LogP contribution in [0, 0.1) is 0 Å². The second-order valence-electron chi connectivity index (χ2n) is 5.84. The maximum atomic E-state index is 6.45. The third-order valence-corrected chi connectivity index (χ3v) is 4.83. The average Bonchev–Trinajstić information content (AvgIpc) is 2.46. The van der Waals surface area contributed by atoms with E-state index >= 15 is 0 Å². The van der Waals surface area contributed by atoms with Crippen molar-refractivity contribution >= 4 is 11.6 Å². The van der Waals surface area contributed by atoms with Crippen LogP contribution in [0.25, 0.3) is 0 Å². The minimum atomic E-state index is 0.0225. The molecule has 1 saturated carbocycles. The van der Waals surface area contributed by atoms with Gasteiger partial charge in [-0.2, -0.15) is 0 Å². The van der Waals surface area contributed by atoms with Crippen LogP contribution in [0.5, 0.6) is 5.75 Å². The molecule has 1 N–H and O–H groups in total. The van der Waals surface area contributed by atoms with E-state index in [2.05, 4.69) is 18.3 Å². The van der Waals surface area contributed by atoms with Crippen LogP contribution in [0.15, 0.2) is 18.2 Å². The van der Waals surface area contributed by atoms with Gasteiger partial charge in [0.15, 0.2) is 0 Å². The highest BCUT2D eigenvalue weighted by Gasteiger charge is 2.39. The lowest BCUT2D eigenvalue weighted by Crippen LogP contribution is -2.43. The predicted molar refractivity (Wildman–Crippen MR) is 87.2 cm³/mol. The van der Waals surface area contributed by atoms with Gasteiger partial charge in [-0.15, -0.1) is 0 Å². The van der Waals surface area contributed by atoms with E-state index in [0.717, 1.165) is 48.6 Å². The maximum absolute atomic E-state index is 6.45. The molecule has 0 aliphatic heterocycles. The molecule has 3 nitrogen and oxygen atoms in total. The van der Waals surface area contributed by atoms with Gasteiger partial charge in [0.05, 0.1) is 12.7 Å². The van der Waals surface area contributed by atoms with Gasteiger partial charge in [0, 0.05) is 18.2 Å². The van der Waals surface area contributed by atoms with Gasteiger partial charge in [0.25, 0.3) is 0 Å². The molecule has 21 heavy (non-hydrogen) atoms. The summed E-state index contributed by atoms with van der Waals surface area (Å²) in [5, 5.41) is 4.37. The summed E-state index contributed by atoms with van der Waals surface area (Å²) in [4.78, 5) is 0. The third kappa shape index (κ3) is 3.91. The first-order valence-corrected chi connectivity index (χ1v) is 8.14. The summed E-state index contributed by atoms with van der Waals surface area (Å²) in [5.41, 5.74) is 1.16. The Labute approximate surface area is 133 Å². The summed E-state index contributed by atoms with van der Waals surface area (Å²) in [7, 11) is 3.48. The van der Waals surface area contributed by atoms with Crippen LogP contribution in [0.4, 0.5) is 0 Å². The molecule has 1 aromatic carbocycles. The molecule has 4 heteroatoms. The van der Waals surface area contributed by atoms with E-state index in [9.17, 15) is 0 Å². The van der Waals surface area contributed by atoms with Gasteiger partial charge in [-0.3, -0.25) is 0 Å². The molecular formula is C17H26ClNO2. The molecular weight excluding hydrogens is 286 g/mol. The molecule has 0 bridgehead atoms. The second kappa shape index (κ2) is 7.48. The monoisotopic (exact) mass is 311 g/mol. The van der Waals surface area contributed by atoms with Crippen LogP contribution in [0.3, 0.4) is 0 Å². The van der Waals surface area contributed by atoms with Gasteiger partial charge in [0.2, 0.25) is 0 Å². The molecule has 1 aliphatic rings. The zero-order chi connectivity index (χ0) is 15.3. The van der Waals surface area contributed by atoms with E-state index in [-0.39, 0.29) is 11.6 Å². The number of methoxy groups -OCH3 is 2. The van der Waals surface area contributed by atoms with Crippen molar-refractivity contribution in [3.05, 3.63) is 28.8 Å². The van der Waals surface area contributed by atoms with Gasteiger partial charge in [-0.05, 0) is 56.3 Å². The molecule has 0 aromatic heterocycles. The highest BCUT2D eigenvalue weighted by atomic mass is 35.5. The van der Waals surface area contributed by atoms with Crippen molar-refractivity contribution in [1.29, 1.82) is 0 Å². The Morgan fingerprint density at radius 2 is 2.10 bits per heavy atom. The van der Waals surface area contributed by atoms with E-state index in [1.165, 1.54) is 6.42 Å². The van der Waals surface area contributed by atoms with Crippen molar-refractivity contribution in [2.75, 3.05) is 20.8 Å². The van der Waals surface area contributed by atoms with Crippen LogP contribution < -0.4 is 10.1 Å². The summed E-state index contributed by atoms with van der Waals surface area (Å²) >= 11 is 6.45. The van der Waals surface area contributed by atoms with Crippen molar-refractivity contribution in [3.8, 4) is 5.75 Å². The smallest absolute Gasteiger partial charge is 0.120 e. The van der Waals surface area contributed by atoms with E-state index < -0.39 is 0 Å². The van der Waals surface area contributed by atoms with Gasteiger partial charge >= 0.3 is 0 Å². The van der Waals surface area contributed by atoms with Crippen molar-refractivity contribution in [2.45, 2.75) is 50.7 Å². The molecule has 0 heterocycles. The molecule has 0 saturated heterocycles. The molecule has 1 fully saturated rings. The molecule has 1 aromatic rings. The van der Waals surface area contributed by atoms with Crippen LogP contribution in [-0.4, -0.2) is 26.4 Å². The molecule has 1 unspecified atom stereocenters. The Bertz CT molecular complexity index is 455. The highest BCUT2D eigenvalue weighted by Crippen LogP contribution is 2.43. The first-order chi connectivity index (χ1) is 10.1. The number of hydrogen-bond acceptors (Lipinski definition) is 3. The lowest BCUT2D eigenvalue weighted by Gasteiger charge is -2.43. The van der Waals surface area contributed by atoms with E-state index in [1.807, 2.05) is 19.2 Å². The average molecular weight is 312 g/mol. The molecule has 2 rings (SSSR count). The van der Waals surface area contributed by atoms with Crippen molar-refractivity contribution in [3.63, 3.8) is 0 Å². The lowest BCUT2D eigenvalue weighted by atomic mass is 9.74. The Morgan fingerprint density at radius 1 is 1.33 bits per heavy atom. The summed E-state index contributed by atoms with van der Waals surface area (Å²) in [6.07, 6.45) is 5.60. The largest absolute Gasteiger partial charge is 0.497 e. The van der Waals surface area contributed by atoms with Crippen molar-refractivity contribution in [1.82, 2.24) is 5.32 Å². The van der Waals surface area contributed by atoms with Gasteiger partial charge in [-0.1, -0.05) is 24.6 Å². The zero-order valence-electron chi connectivity index (χ0n) is 13.2. The van der Waals surface area contributed by atoms with Crippen LogP contribution in [-0.2, 0) is 4.74 Å².